The predicted molar refractivity (Wildman–Crippen MR) is 101 cm³/mol. The van der Waals surface area contributed by atoms with Crippen LogP contribution in [0.15, 0.2) is 66.4 Å². The van der Waals surface area contributed by atoms with Crippen molar-refractivity contribution < 1.29 is 9.53 Å². The van der Waals surface area contributed by atoms with Gasteiger partial charge in [-0.3, -0.25) is 4.79 Å². The zero-order valence-electron chi connectivity index (χ0n) is 14.7. The molecule has 0 saturated carbocycles. The average molecular weight is 336 g/mol. The highest BCUT2D eigenvalue weighted by molar-refractivity contribution is 5.95. The van der Waals surface area contributed by atoms with E-state index in [1.165, 1.54) is 0 Å². The number of nitrogens with one attached hydrogen (secondary N) is 1. The minimum absolute atomic E-state index is 0.0781. The van der Waals surface area contributed by atoms with Gasteiger partial charge in [0.1, 0.15) is 0 Å². The van der Waals surface area contributed by atoms with Crippen molar-refractivity contribution in [2.24, 2.45) is 0 Å². The Balaban J connectivity index is 1.82. The van der Waals surface area contributed by atoms with Gasteiger partial charge in [-0.15, -0.1) is 0 Å². The second-order valence-corrected chi connectivity index (χ2v) is 6.43. The van der Waals surface area contributed by atoms with Gasteiger partial charge in [-0.2, -0.15) is 0 Å². The number of benzene rings is 2. The van der Waals surface area contributed by atoms with Gasteiger partial charge in [0.2, 0.25) is 0 Å². The molecule has 1 atom stereocenters. The molecule has 0 fully saturated rings. The normalized spacial score (nSPS) is 14.9. The van der Waals surface area contributed by atoms with E-state index in [0.29, 0.717) is 5.56 Å². The Kier molecular flexibility index (Phi) is 5.39. The van der Waals surface area contributed by atoms with Crippen LogP contribution in [-0.4, -0.2) is 26.6 Å². The molecule has 0 radical (unpaired) electrons. The SMILES string of the molecule is CN(C)c1ccc(C(=O)NC(C2=COCCC2)c2ccccc2)cc1. The van der Waals surface area contributed by atoms with E-state index in [0.717, 1.165) is 36.3 Å². The summed E-state index contributed by atoms with van der Waals surface area (Å²) in [6, 6.07) is 17.5. The molecule has 4 heteroatoms. The van der Waals surface area contributed by atoms with Crippen molar-refractivity contribution in [1.82, 2.24) is 5.32 Å². The molecule has 0 aliphatic carbocycles. The Morgan fingerprint density at radius 1 is 1.08 bits per heavy atom. The van der Waals surface area contributed by atoms with Crippen molar-refractivity contribution in [2.45, 2.75) is 18.9 Å². The molecule has 1 aliphatic rings. The van der Waals surface area contributed by atoms with Crippen molar-refractivity contribution in [1.29, 1.82) is 0 Å². The fourth-order valence-corrected chi connectivity index (χ4v) is 2.96. The Morgan fingerprint density at radius 2 is 1.80 bits per heavy atom. The van der Waals surface area contributed by atoms with Gasteiger partial charge in [0.05, 0.1) is 18.9 Å². The molecular formula is C21H24N2O2. The molecule has 1 N–H and O–H groups in total. The Morgan fingerprint density at radius 3 is 2.40 bits per heavy atom. The molecule has 0 saturated heterocycles. The molecule has 1 aliphatic heterocycles. The topological polar surface area (TPSA) is 41.6 Å². The number of amides is 1. The Hall–Kier alpha value is -2.75. The van der Waals surface area contributed by atoms with E-state index in [-0.39, 0.29) is 11.9 Å². The molecule has 25 heavy (non-hydrogen) atoms. The molecule has 0 aromatic heterocycles. The van der Waals surface area contributed by atoms with Gasteiger partial charge < -0.3 is 15.0 Å². The van der Waals surface area contributed by atoms with E-state index in [2.05, 4.69) is 5.32 Å². The summed E-state index contributed by atoms with van der Waals surface area (Å²) < 4.78 is 5.50. The highest BCUT2D eigenvalue weighted by atomic mass is 16.5. The van der Waals surface area contributed by atoms with Crippen LogP contribution in [0.1, 0.15) is 34.8 Å². The molecule has 1 amide bonds. The summed E-state index contributed by atoms with van der Waals surface area (Å²) in [7, 11) is 3.96. The summed E-state index contributed by atoms with van der Waals surface area (Å²) in [5, 5.41) is 3.17. The molecule has 4 nitrogen and oxygen atoms in total. The van der Waals surface area contributed by atoms with Crippen LogP contribution in [0.3, 0.4) is 0 Å². The molecule has 3 rings (SSSR count). The van der Waals surface area contributed by atoms with Crippen molar-refractivity contribution in [2.75, 3.05) is 25.6 Å². The van der Waals surface area contributed by atoms with Gasteiger partial charge in [0.15, 0.2) is 0 Å². The first kappa shape index (κ1) is 17.1. The average Bonchev–Trinajstić information content (AvgIpc) is 2.67. The first-order valence-corrected chi connectivity index (χ1v) is 8.59. The monoisotopic (exact) mass is 336 g/mol. The smallest absolute Gasteiger partial charge is 0.252 e. The maximum atomic E-state index is 12.8. The third-order valence-corrected chi connectivity index (χ3v) is 4.39. The fourth-order valence-electron chi connectivity index (χ4n) is 2.96. The zero-order valence-corrected chi connectivity index (χ0v) is 14.7. The molecule has 130 valence electrons. The largest absolute Gasteiger partial charge is 0.501 e. The van der Waals surface area contributed by atoms with E-state index in [1.54, 1.807) is 6.26 Å². The van der Waals surface area contributed by atoms with Crippen LogP contribution >= 0.6 is 0 Å². The number of hydrogen-bond acceptors (Lipinski definition) is 3. The lowest BCUT2D eigenvalue weighted by Crippen LogP contribution is -2.30. The molecule has 2 aromatic carbocycles. The summed E-state index contributed by atoms with van der Waals surface area (Å²) in [4.78, 5) is 14.8. The van der Waals surface area contributed by atoms with Crippen LogP contribution in [0.2, 0.25) is 0 Å². The van der Waals surface area contributed by atoms with Gasteiger partial charge in [-0.05, 0) is 48.2 Å². The van der Waals surface area contributed by atoms with Crippen LogP contribution in [0.4, 0.5) is 5.69 Å². The van der Waals surface area contributed by atoms with E-state index >= 15 is 0 Å². The lowest BCUT2D eigenvalue weighted by atomic mass is 9.95. The number of carbonyl (C=O) groups excluding carboxylic acids is 1. The summed E-state index contributed by atoms with van der Waals surface area (Å²) in [6.45, 7) is 0.741. The van der Waals surface area contributed by atoms with Crippen molar-refractivity contribution in [3.05, 3.63) is 77.6 Å². The third-order valence-electron chi connectivity index (χ3n) is 4.39. The second-order valence-electron chi connectivity index (χ2n) is 6.43. The fraction of sp³-hybridized carbons (Fsp3) is 0.286. The van der Waals surface area contributed by atoms with Crippen LogP contribution < -0.4 is 10.2 Å². The van der Waals surface area contributed by atoms with E-state index < -0.39 is 0 Å². The van der Waals surface area contributed by atoms with Crippen molar-refractivity contribution in [3.63, 3.8) is 0 Å². The van der Waals surface area contributed by atoms with Crippen LogP contribution in [0.25, 0.3) is 0 Å². The number of nitrogens with zero attached hydrogens (tertiary/aromatic N) is 1. The van der Waals surface area contributed by atoms with E-state index in [9.17, 15) is 4.79 Å². The molecule has 0 spiro atoms. The van der Waals surface area contributed by atoms with Gasteiger partial charge >= 0.3 is 0 Å². The second kappa shape index (κ2) is 7.88. The summed E-state index contributed by atoms with van der Waals surface area (Å²) in [5.74, 6) is -0.0781. The van der Waals surface area contributed by atoms with Crippen molar-refractivity contribution in [3.8, 4) is 0 Å². The summed E-state index contributed by atoms with van der Waals surface area (Å²) in [5.41, 5.74) is 3.90. The molecule has 2 aromatic rings. The summed E-state index contributed by atoms with van der Waals surface area (Å²) >= 11 is 0. The Labute approximate surface area is 149 Å². The number of anilines is 1. The standard InChI is InChI=1S/C21H24N2O2/c1-23(2)19-12-10-17(11-13-19)21(24)22-20(16-7-4-3-5-8-16)18-9-6-14-25-15-18/h3-5,7-8,10-13,15,20H,6,9,14H2,1-2H3,(H,22,24). The quantitative estimate of drug-likeness (QED) is 0.900. The molecule has 0 bridgehead atoms. The minimum atomic E-state index is -0.164. The first-order chi connectivity index (χ1) is 12.1. The number of carbonyl (C=O) groups is 1. The number of rotatable bonds is 5. The molecule has 1 heterocycles. The van der Waals surface area contributed by atoms with Crippen LogP contribution in [-0.2, 0) is 4.74 Å². The van der Waals surface area contributed by atoms with Gasteiger partial charge in [0.25, 0.3) is 5.91 Å². The van der Waals surface area contributed by atoms with Crippen molar-refractivity contribution >= 4 is 11.6 Å². The minimum Gasteiger partial charge on any atom is -0.501 e. The highest BCUT2D eigenvalue weighted by Gasteiger charge is 2.21. The van der Waals surface area contributed by atoms with Gasteiger partial charge in [-0.25, -0.2) is 0 Å². The predicted octanol–water partition coefficient (Wildman–Crippen LogP) is 3.92. The number of ether oxygens (including phenoxy) is 1. The highest BCUT2D eigenvalue weighted by Crippen LogP contribution is 2.28. The maximum Gasteiger partial charge on any atom is 0.252 e. The number of hydrogen-bond donors (Lipinski definition) is 1. The summed E-state index contributed by atoms with van der Waals surface area (Å²) in [6.07, 6.45) is 3.71. The third kappa shape index (κ3) is 4.21. The van der Waals surface area contributed by atoms with Gasteiger partial charge in [0, 0.05) is 25.3 Å². The molecule has 1 unspecified atom stereocenters. The maximum absolute atomic E-state index is 12.8. The first-order valence-electron chi connectivity index (χ1n) is 8.59. The van der Waals surface area contributed by atoms with Crippen LogP contribution in [0.5, 0.6) is 0 Å². The molecular weight excluding hydrogens is 312 g/mol. The van der Waals surface area contributed by atoms with Gasteiger partial charge in [-0.1, -0.05) is 30.3 Å². The Bertz CT molecular complexity index is 736. The van der Waals surface area contributed by atoms with Crippen LogP contribution in [0, 0.1) is 0 Å². The van der Waals surface area contributed by atoms with E-state index in [4.69, 9.17) is 4.74 Å². The zero-order chi connectivity index (χ0) is 17.6. The lowest BCUT2D eigenvalue weighted by molar-refractivity contribution is 0.0939. The van der Waals surface area contributed by atoms with E-state index in [1.807, 2.05) is 73.6 Å². The lowest BCUT2D eigenvalue weighted by Gasteiger charge is -2.25.